The quantitative estimate of drug-likeness (QED) is 0.148. The molecule has 3 N–H and O–H groups in total. The van der Waals surface area contributed by atoms with E-state index in [1.165, 1.54) is 30.3 Å². The minimum Gasteiger partial charge on any atom is -0.447 e. The first-order valence-corrected chi connectivity index (χ1v) is 18.9. The molecule has 6 rings (SSSR count). The molecular formula is C34H34ClF6N9O5S. The van der Waals surface area contributed by atoms with Gasteiger partial charge in [0.2, 0.25) is 0 Å². The second-order valence-corrected chi connectivity index (χ2v) is 17.0. The van der Waals surface area contributed by atoms with Crippen molar-refractivity contribution in [2.45, 2.75) is 69.8 Å². The Kier molecular flexibility index (Phi) is 10.2. The van der Waals surface area contributed by atoms with Gasteiger partial charge in [0.25, 0.3) is 22.4 Å². The zero-order valence-electron chi connectivity index (χ0n) is 30.0. The molecule has 2 aromatic heterocycles. The largest absolute Gasteiger partial charge is 0.447 e. The number of aromatic nitrogens is 5. The summed E-state index contributed by atoms with van der Waals surface area (Å²) in [4.78, 5) is 32.2. The van der Waals surface area contributed by atoms with Crippen LogP contribution in [0.15, 0.2) is 55.1 Å². The third-order valence-corrected chi connectivity index (χ3v) is 10.5. The van der Waals surface area contributed by atoms with Gasteiger partial charge in [0.05, 0.1) is 35.4 Å². The monoisotopic (exact) mass is 829 g/mol. The zero-order chi connectivity index (χ0) is 41.2. The van der Waals surface area contributed by atoms with Crippen LogP contribution in [0, 0.1) is 16.6 Å². The third kappa shape index (κ3) is 7.65. The highest BCUT2D eigenvalue weighted by Gasteiger charge is 2.65. The topological polar surface area (TPSA) is 177 Å². The van der Waals surface area contributed by atoms with Crippen LogP contribution in [0.2, 0.25) is 5.02 Å². The number of ether oxygens (including phenoxy) is 1. The van der Waals surface area contributed by atoms with Crippen molar-refractivity contribution in [1.82, 2.24) is 39.5 Å². The first-order chi connectivity index (χ1) is 26.0. The van der Waals surface area contributed by atoms with Crippen molar-refractivity contribution in [2.75, 3.05) is 12.9 Å². The molecule has 300 valence electrons. The van der Waals surface area contributed by atoms with E-state index in [4.69, 9.17) is 21.7 Å². The molecule has 56 heavy (non-hydrogen) atoms. The fourth-order valence-electron chi connectivity index (χ4n) is 6.57. The lowest BCUT2D eigenvalue weighted by atomic mass is 9.75. The van der Waals surface area contributed by atoms with E-state index in [-0.39, 0.29) is 52.2 Å². The number of alkyl carbamates (subject to hydrolysis) is 1. The molecule has 0 spiro atoms. The second kappa shape index (κ2) is 14.1. The van der Waals surface area contributed by atoms with E-state index in [0.29, 0.717) is 4.09 Å². The molecule has 14 nitrogen and oxygen atoms in total. The summed E-state index contributed by atoms with van der Waals surface area (Å²) in [6.07, 6.45) is -6.16. The molecule has 2 amide bonds. The number of amides is 2. The van der Waals surface area contributed by atoms with Crippen LogP contribution in [-0.2, 0) is 25.1 Å². The van der Waals surface area contributed by atoms with Gasteiger partial charge in [-0.3, -0.25) is 15.1 Å². The van der Waals surface area contributed by atoms with E-state index in [9.17, 15) is 40.0 Å². The van der Waals surface area contributed by atoms with Gasteiger partial charge in [-0.1, -0.05) is 50.6 Å². The van der Waals surface area contributed by atoms with E-state index < -0.39 is 81.4 Å². The van der Waals surface area contributed by atoms with Gasteiger partial charge in [-0.05, 0) is 54.0 Å². The van der Waals surface area contributed by atoms with E-state index in [1.807, 2.05) is 5.32 Å². The molecule has 1 aliphatic carbocycles. The summed E-state index contributed by atoms with van der Waals surface area (Å²) in [5.74, 6) is -3.10. The van der Waals surface area contributed by atoms with E-state index >= 15 is 4.39 Å². The first-order valence-electron chi connectivity index (χ1n) is 16.7. The zero-order valence-corrected chi connectivity index (χ0v) is 31.5. The Morgan fingerprint density at radius 2 is 1.82 bits per heavy atom. The molecule has 1 saturated carbocycles. The molecule has 1 aliphatic heterocycles. The normalized spacial score (nSPS) is 19.0. The Hall–Kier alpha value is -5.18. The fourth-order valence-corrected chi connectivity index (χ4v) is 7.29. The molecule has 2 atom stereocenters. The Bertz CT molecular complexity index is 2320. The SMILES string of the molecule is CC(C)(C)C[C@]1(c2ccc(-c3cnn(S(C)(=O)=O)c3)c(F)c2)NC(=N)N([C@H](COC(=O)NC2(C(F)(F)F)CC2)c2ccc(Cl)c(-n3ncnc3C(F)F)c2)C1=O. The molecule has 0 radical (unpaired) electrons. The summed E-state index contributed by atoms with van der Waals surface area (Å²) in [5, 5.41) is 21.2. The summed E-state index contributed by atoms with van der Waals surface area (Å²) in [6, 6.07) is 6.08. The summed E-state index contributed by atoms with van der Waals surface area (Å²) < 4.78 is 115. The number of alkyl halides is 5. The number of hydrogen-bond donors (Lipinski definition) is 3. The predicted molar refractivity (Wildman–Crippen MR) is 188 cm³/mol. The molecular weight excluding hydrogens is 796 g/mol. The van der Waals surface area contributed by atoms with Gasteiger partial charge in [-0.2, -0.15) is 27.5 Å². The minimum absolute atomic E-state index is 0.0285. The number of hydrogen-bond acceptors (Lipinski definition) is 9. The summed E-state index contributed by atoms with van der Waals surface area (Å²) >= 11 is 6.39. The highest BCUT2D eigenvalue weighted by atomic mass is 35.5. The maximum Gasteiger partial charge on any atom is 0.411 e. The van der Waals surface area contributed by atoms with E-state index in [1.54, 1.807) is 20.8 Å². The van der Waals surface area contributed by atoms with Gasteiger partial charge in [0, 0.05) is 11.1 Å². The number of nitrogens with zero attached hydrogens (tertiary/aromatic N) is 6. The lowest BCUT2D eigenvalue weighted by molar-refractivity contribution is -0.164. The van der Waals surface area contributed by atoms with Gasteiger partial charge < -0.3 is 15.4 Å². The van der Waals surface area contributed by atoms with Crippen molar-refractivity contribution in [3.05, 3.63) is 82.9 Å². The molecule has 4 aromatic rings. The van der Waals surface area contributed by atoms with Crippen LogP contribution < -0.4 is 10.6 Å². The van der Waals surface area contributed by atoms with Gasteiger partial charge in [-0.25, -0.2) is 36.0 Å². The molecule has 1 saturated heterocycles. The lowest BCUT2D eigenvalue weighted by Crippen LogP contribution is -2.49. The number of halogens is 7. The van der Waals surface area contributed by atoms with Crippen LogP contribution in [0.1, 0.15) is 69.5 Å². The number of nitrogens with one attached hydrogen (secondary N) is 3. The van der Waals surface area contributed by atoms with Crippen molar-refractivity contribution in [2.24, 2.45) is 5.41 Å². The number of guanidine groups is 1. The second-order valence-electron chi connectivity index (χ2n) is 14.7. The van der Waals surface area contributed by atoms with Gasteiger partial charge in [0.15, 0.2) is 11.8 Å². The average molecular weight is 830 g/mol. The minimum atomic E-state index is -4.78. The van der Waals surface area contributed by atoms with Crippen LogP contribution in [0.4, 0.5) is 31.1 Å². The van der Waals surface area contributed by atoms with Crippen molar-refractivity contribution < 1.29 is 49.1 Å². The number of rotatable bonds is 11. The molecule has 22 heteroatoms. The Morgan fingerprint density at radius 3 is 2.39 bits per heavy atom. The number of carbonyl (C=O) groups excluding carboxylic acids is 2. The highest BCUT2D eigenvalue weighted by molar-refractivity contribution is 7.89. The van der Waals surface area contributed by atoms with Crippen molar-refractivity contribution in [3.8, 4) is 16.8 Å². The predicted octanol–water partition coefficient (Wildman–Crippen LogP) is 6.23. The van der Waals surface area contributed by atoms with Crippen LogP contribution in [0.5, 0.6) is 0 Å². The number of carbonyl (C=O) groups is 2. The summed E-state index contributed by atoms with van der Waals surface area (Å²) in [5.41, 5.74) is -5.08. The Labute approximate surface area is 320 Å². The molecule has 2 fully saturated rings. The molecule has 0 unspecified atom stereocenters. The lowest BCUT2D eigenvalue weighted by Gasteiger charge is -2.35. The molecule has 2 aliphatic rings. The van der Waals surface area contributed by atoms with Gasteiger partial charge >= 0.3 is 12.3 Å². The average Bonchev–Trinajstić information content (AvgIpc) is 3.39. The van der Waals surface area contributed by atoms with Crippen molar-refractivity contribution in [1.29, 1.82) is 5.41 Å². The van der Waals surface area contributed by atoms with Crippen LogP contribution in [-0.4, -0.2) is 79.8 Å². The van der Waals surface area contributed by atoms with Crippen LogP contribution in [0.25, 0.3) is 16.8 Å². The maximum atomic E-state index is 16.0. The standard InChI is InChI=1S/C34H34ClF6N9O5S/c1-31(2,3)16-33(20-6-7-21(23(36)12-20)19-13-44-48(14-19)56(4,53)54)28(51)49(29(42)46-33)25(15-55-30(52)47-32(9-10-32)34(39,40)41)18-5-8-22(35)24(11-18)50-27(26(37)38)43-17-45-50/h5-8,11-14,17,25-26H,9-10,15-16H2,1-4H3,(H2,42,46)(H,47,52)/t25-,33-/m1/s1. The smallest absolute Gasteiger partial charge is 0.411 e. The van der Waals surface area contributed by atoms with Crippen molar-refractivity contribution in [3.63, 3.8) is 0 Å². The van der Waals surface area contributed by atoms with E-state index in [2.05, 4.69) is 20.5 Å². The molecule has 2 aromatic carbocycles. The van der Waals surface area contributed by atoms with Gasteiger partial charge in [-0.15, -0.1) is 0 Å². The van der Waals surface area contributed by atoms with Crippen LogP contribution in [0.3, 0.4) is 0 Å². The molecule has 3 heterocycles. The number of benzene rings is 2. The van der Waals surface area contributed by atoms with Gasteiger partial charge in [0.1, 0.15) is 29.8 Å². The fraction of sp³-hybridized carbons (Fsp3) is 0.412. The third-order valence-electron chi connectivity index (χ3n) is 9.30. The summed E-state index contributed by atoms with van der Waals surface area (Å²) in [6.45, 7) is 4.50. The van der Waals surface area contributed by atoms with Crippen LogP contribution >= 0.6 is 11.6 Å². The molecule has 0 bridgehead atoms. The Morgan fingerprint density at radius 1 is 1.12 bits per heavy atom. The Balaban J connectivity index is 1.42. The summed E-state index contributed by atoms with van der Waals surface area (Å²) in [7, 11) is -3.79. The maximum absolute atomic E-state index is 16.0. The highest BCUT2D eigenvalue weighted by Crippen LogP contribution is 2.49. The first kappa shape index (κ1) is 40.5. The van der Waals surface area contributed by atoms with Crippen molar-refractivity contribution >= 4 is 39.6 Å². The van der Waals surface area contributed by atoms with E-state index in [0.717, 1.165) is 40.6 Å².